The Kier molecular flexibility index (Phi) is 5.89. The minimum Gasteiger partial charge on any atom is -0.484 e. The molecule has 3 aromatic rings. The van der Waals surface area contributed by atoms with Crippen molar-refractivity contribution in [1.29, 1.82) is 0 Å². The summed E-state index contributed by atoms with van der Waals surface area (Å²) in [7, 11) is 0. The third-order valence-electron chi connectivity index (χ3n) is 3.89. The molecule has 6 heteroatoms. The SMILES string of the molecule is NC(=O)COc1cccc(C(=O)N(Cc2ccccc2)Cc2ccco2)c1. The van der Waals surface area contributed by atoms with Crippen LogP contribution in [0.3, 0.4) is 0 Å². The molecule has 0 saturated heterocycles. The van der Waals surface area contributed by atoms with Gasteiger partial charge < -0.3 is 19.8 Å². The number of furan rings is 1. The fraction of sp³-hybridized carbons (Fsp3) is 0.143. The molecule has 27 heavy (non-hydrogen) atoms. The molecule has 1 aromatic heterocycles. The number of nitrogens with two attached hydrogens (primary N) is 1. The van der Waals surface area contributed by atoms with Gasteiger partial charge in [-0.15, -0.1) is 0 Å². The van der Waals surface area contributed by atoms with Gasteiger partial charge in [-0.3, -0.25) is 9.59 Å². The van der Waals surface area contributed by atoms with Crippen LogP contribution in [0.4, 0.5) is 0 Å². The summed E-state index contributed by atoms with van der Waals surface area (Å²) in [6, 6.07) is 20.0. The van der Waals surface area contributed by atoms with Gasteiger partial charge in [0.1, 0.15) is 11.5 Å². The van der Waals surface area contributed by atoms with Gasteiger partial charge in [-0.1, -0.05) is 36.4 Å². The van der Waals surface area contributed by atoms with E-state index >= 15 is 0 Å². The Morgan fingerprint density at radius 1 is 0.963 bits per heavy atom. The lowest BCUT2D eigenvalue weighted by molar-refractivity contribution is -0.119. The van der Waals surface area contributed by atoms with Crippen molar-refractivity contribution in [1.82, 2.24) is 4.90 Å². The molecule has 0 aliphatic rings. The van der Waals surface area contributed by atoms with Crippen LogP contribution in [-0.2, 0) is 17.9 Å². The number of ether oxygens (including phenoxy) is 1. The van der Waals surface area contributed by atoms with Gasteiger partial charge >= 0.3 is 0 Å². The predicted octanol–water partition coefficient (Wildman–Crippen LogP) is 2.99. The molecule has 0 aliphatic heterocycles. The van der Waals surface area contributed by atoms with Crippen molar-refractivity contribution in [2.75, 3.05) is 6.61 Å². The van der Waals surface area contributed by atoms with Gasteiger partial charge in [-0.25, -0.2) is 0 Å². The monoisotopic (exact) mass is 364 g/mol. The first-order valence-electron chi connectivity index (χ1n) is 8.48. The average molecular weight is 364 g/mol. The molecule has 6 nitrogen and oxygen atoms in total. The normalized spacial score (nSPS) is 10.4. The molecule has 2 aromatic carbocycles. The number of benzene rings is 2. The van der Waals surface area contributed by atoms with E-state index in [4.69, 9.17) is 14.9 Å². The number of nitrogens with zero attached hydrogens (tertiary/aromatic N) is 1. The summed E-state index contributed by atoms with van der Waals surface area (Å²) in [5.74, 6) is 0.368. The molecule has 0 bridgehead atoms. The van der Waals surface area contributed by atoms with Crippen LogP contribution in [-0.4, -0.2) is 23.3 Å². The van der Waals surface area contributed by atoms with Crippen LogP contribution in [0.1, 0.15) is 21.7 Å². The average Bonchev–Trinajstić information content (AvgIpc) is 3.19. The molecule has 0 atom stereocenters. The molecule has 0 aliphatic carbocycles. The topological polar surface area (TPSA) is 85.8 Å². The van der Waals surface area contributed by atoms with Crippen molar-refractivity contribution < 1.29 is 18.7 Å². The maximum atomic E-state index is 13.1. The number of primary amides is 1. The highest BCUT2D eigenvalue weighted by molar-refractivity contribution is 5.94. The van der Waals surface area contributed by atoms with Gasteiger partial charge in [0.15, 0.2) is 6.61 Å². The number of carbonyl (C=O) groups is 2. The van der Waals surface area contributed by atoms with Crippen LogP contribution < -0.4 is 10.5 Å². The number of hydrogen-bond donors (Lipinski definition) is 1. The maximum absolute atomic E-state index is 13.1. The molecular weight excluding hydrogens is 344 g/mol. The Bertz CT molecular complexity index is 892. The van der Waals surface area contributed by atoms with Crippen molar-refractivity contribution in [3.8, 4) is 5.75 Å². The standard InChI is InChI=1S/C21H20N2O4/c22-20(24)15-27-18-9-4-8-17(12-18)21(25)23(14-19-10-5-11-26-19)13-16-6-2-1-3-7-16/h1-12H,13-15H2,(H2,22,24). The summed E-state index contributed by atoms with van der Waals surface area (Å²) in [6.45, 7) is 0.539. The van der Waals surface area contributed by atoms with E-state index in [-0.39, 0.29) is 12.5 Å². The molecule has 0 radical (unpaired) electrons. The number of carbonyl (C=O) groups excluding carboxylic acids is 2. The molecule has 2 amide bonds. The fourth-order valence-corrected chi connectivity index (χ4v) is 2.65. The minimum atomic E-state index is -0.574. The molecule has 0 fully saturated rings. The highest BCUT2D eigenvalue weighted by Crippen LogP contribution is 2.18. The first-order chi connectivity index (χ1) is 13.1. The minimum absolute atomic E-state index is 0.167. The van der Waals surface area contributed by atoms with Crippen LogP contribution in [0, 0.1) is 0 Å². The van der Waals surface area contributed by atoms with E-state index in [0.717, 1.165) is 5.56 Å². The highest BCUT2D eigenvalue weighted by atomic mass is 16.5. The Balaban J connectivity index is 1.81. The van der Waals surface area contributed by atoms with Gasteiger partial charge in [0.25, 0.3) is 11.8 Å². The van der Waals surface area contributed by atoms with Crippen molar-refractivity contribution in [2.24, 2.45) is 5.73 Å². The van der Waals surface area contributed by atoms with E-state index in [1.165, 1.54) is 0 Å². The lowest BCUT2D eigenvalue weighted by Gasteiger charge is -2.22. The second kappa shape index (κ2) is 8.71. The van der Waals surface area contributed by atoms with Gasteiger partial charge in [-0.05, 0) is 35.9 Å². The van der Waals surface area contributed by atoms with Gasteiger partial charge in [0.2, 0.25) is 0 Å². The van der Waals surface area contributed by atoms with E-state index in [9.17, 15) is 9.59 Å². The first kappa shape index (κ1) is 18.3. The molecule has 1 heterocycles. The highest BCUT2D eigenvalue weighted by Gasteiger charge is 2.18. The Labute approximate surface area is 157 Å². The Morgan fingerprint density at radius 2 is 1.78 bits per heavy atom. The summed E-state index contributed by atoms with van der Waals surface area (Å²) in [5, 5.41) is 0. The number of hydrogen-bond acceptors (Lipinski definition) is 4. The molecule has 2 N–H and O–H groups in total. The van der Waals surface area contributed by atoms with Crippen molar-refractivity contribution in [2.45, 2.75) is 13.1 Å². The Morgan fingerprint density at radius 3 is 2.48 bits per heavy atom. The van der Waals surface area contributed by atoms with E-state index in [1.807, 2.05) is 36.4 Å². The Hall–Kier alpha value is -3.54. The molecule has 3 rings (SSSR count). The largest absolute Gasteiger partial charge is 0.484 e. The van der Waals surface area contributed by atoms with E-state index in [2.05, 4.69) is 0 Å². The summed E-state index contributed by atoms with van der Waals surface area (Å²) in [4.78, 5) is 25.7. The van der Waals surface area contributed by atoms with Crippen LogP contribution in [0.15, 0.2) is 77.4 Å². The third-order valence-corrected chi connectivity index (χ3v) is 3.89. The van der Waals surface area contributed by atoms with Gasteiger partial charge in [0.05, 0.1) is 12.8 Å². The zero-order valence-electron chi connectivity index (χ0n) is 14.7. The van der Waals surface area contributed by atoms with Crippen molar-refractivity contribution in [3.63, 3.8) is 0 Å². The molecule has 0 spiro atoms. The maximum Gasteiger partial charge on any atom is 0.255 e. The van der Waals surface area contributed by atoms with Crippen molar-refractivity contribution in [3.05, 3.63) is 89.9 Å². The molecular formula is C21H20N2O4. The van der Waals surface area contributed by atoms with Gasteiger partial charge in [-0.2, -0.15) is 0 Å². The zero-order valence-corrected chi connectivity index (χ0v) is 14.7. The predicted molar refractivity (Wildman–Crippen MR) is 99.9 cm³/mol. The van der Waals surface area contributed by atoms with Crippen molar-refractivity contribution >= 4 is 11.8 Å². The van der Waals surface area contributed by atoms with Crippen LogP contribution >= 0.6 is 0 Å². The summed E-state index contributed by atoms with van der Waals surface area (Å²) in [6.07, 6.45) is 1.58. The summed E-state index contributed by atoms with van der Waals surface area (Å²) < 4.78 is 10.7. The second-order valence-corrected chi connectivity index (χ2v) is 6.01. The van der Waals surface area contributed by atoms with E-state index in [1.54, 1.807) is 41.5 Å². The number of amides is 2. The first-order valence-corrected chi connectivity index (χ1v) is 8.48. The quantitative estimate of drug-likeness (QED) is 0.666. The summed E-state index contributed by atoms with van der Waals surface area (Å²) >= 11 is 0. The van der Waals surface area contributed by atoms with E-state index in [0.29, 0.717) is 30.2 Å². The lowest BCUT2D eigenvalue weighted by Crippen LogP contribution is -2.30. The van der Waals surface area contributed by atoms with E-state index < -0.39 is 5.91 Å². The van der Waals surface area contributed by atoms with Crippen LogP contribution in [0.2, 0.25) is 0 Å². The van der Waals surface area contributed by atoms with Crippen LogP contribution in [0.25, 0.3) is 0 Å². The smallest absolute Gasteiger partial charge is 0.255 e. The van der Waals surface area contributed by atoms with Gasteiger partial charge in [0, 0.05) is 12.1 Å². The van der Waals surface area contributed by atoms with Crippen LogP contribution in [0.5, 0.6) is 5.75 Å². The molecule has 0 saturated carbocycles. The zero-order chi connectivity index (χ0) is 19.1. The molecule has 138 valence electrons. The summed E-state index contributed by atoms with van der Waals surface area (Å²) in [5.41, 5.74) is 6.57. The number of rotatable bonds is 8. The lowest BCUT2D eigenvalue weighted by atomic mass is 10.1. The fourth-order valence-electron chi connectivity index (χ4n) is 2.65. The second-order valence-electron chi connectivity index (χ2n) is 6.01. The molecule has 0 unspecified atom stereocenters. The third kappa shape index (κ3) is 5.22.